The zero-order valence-corrected chi connectivity index (χ0v) is 11.7. The molecule has 6 nitrogen and oxygen atoms in total. The number of rotatable bonds is 4. The normalized spacial score (nSPS) is 14.3. The largest absolute Gasteiger partial charge is 0.424 e. The molecule has 1 N–H and O–H groups in total. The molecule has 3 rings (SSSR count). The van der Waals surface area contributed by atoms with Gasteiger partial charge in [-0.3, -0.25) is 0 Å². The van der Waals surface area contributed by atoms with Gasteiger partial charge in [-0.05, 0) is 25.0 Å². The SMILES string of the molecule is CNc1nc(Oc2cccc(F)c2)nc(N2CCCC2)n1. The molecule has 0 aliphatic carbocycles. The molecule has 0 amide bonds. The van der Waals surface area contributed by atoms with Crippen molar-refractivity contribution in [2.24, 2.45) is 0 Å². The van der Waals surface area contributed by atoms with Gasteiger partial charge in [0.05, 0.1) is 0 Å². The molecule has 2 aromatic rings. The summed E-state index contributed by atoms with van der Waals surface area (Å²) in [5.41, 5.74) is 0. The zero-order chi connectivity index (χ0) is 14.7. The average molecular weight is 289 g/mol. The van der Waals surface area contributed by atoms with Gasteiger partial charge in [-0.1, -0.05) is 6.07 Å². The molecule has 1 fully saturated rings. The van der Waals surface area contributed by atoms with E-state index in [0.717, 1.165) is 25.9 Å². The molecule has 21 heavy (non-hydrogen) atoms. The van der Waals surface area contributed by atoms with Gasteiger partial charge in [-0.15, -0.1) is 0 Å². The van der Waals surface area contributed by atoms with Crippen LogP contribution in [-0.2, 0) is 0 Å². The molecule has 1 aromatic heterocycles. The summed E-state index contributed by atoms with van der Waals surface area (Å²) in [6.45, 7) is 1.85. The van der Waals surface area contributed by atoms with Crippen molar-refractivity contribution >= 4 is 11.9 Å². The van der Waals surface area contributed by atoms with Crippen molar-refractivity contribution < 1.29 is 9.13 Å². The van der Waals surface area contributed by atoms with Gasteiger partial charge in [0, 0.05) is 26.2 Å². The maximum Gasteiger partial charge on any atom is 0.328 e. The van der Waals surface area contributed by atoms with Gasteiger partial charge in [-0.25, -0.2) is 4.39 Å². The number of aromatic nitrogens is 3. The number of nitrogens with zero attached hydrogens (tertiary/aromatic N) is 4. The van der Waals surface area contributed by atoms with E-state index in [0.29, 0.717) is 17.6 Å². The minimum Gasteiger partial charge on any atom is -0.424 e. The Morgan fingerprint density at radius 1 is 1.19 bits per heavy atom. The topological polar surface area (TPSA) is 63.2 Å². The Labute approximate surface area is 122 Å². The maximum atomic E-state index is 13.2. The molecule has 0 bridgehead atoms. The summed E-state index contributed by atoms with van der Waals surface area (Å²) in [6, 6.07) is 6.03. The Balaban J connectivity index is 1.88. The first-order chi connectivity index (χ1) is 10.2. The summed E-state index contributed by atoms with van der Waals surface area (Å²) >= 11 is 0. The second-order valence-corrected chi connectivity index (χ2v) is 4.75. The summed E-state index contributed by atoms with van der Waals surface area (Å²) < 4.78 is 18.7. The first kappa shape index (κ1) is 13.5. The Morgan fingerprint density at radius 2 is 2.00 bits per heavy atom. The van der Waals surface area contributed by atoms with Gasteiger partial charge in [0.2, 0.25) is 11.9 Å². The van der Waals surface area contributed by atoms with Gasteiger partial charge < -0.3 is 15.0 Å². The minimum absolute atomic E-state index is 0.154. The van der Waals surface area contributed by atoms with Crippen molar-refractivity contribution in [2.45, 2.75) is 12.8 Å². The standard InChI is InChI=1S/C14H16FN5O/c1-16-12-17-13(20-7-2-3-8-20)19-14(18-12)21-11-6-4-5-10(15)9-11/h4-6,9H,2-3,7-8H2,1H3,(H,16,17,18,19). The van der Waals surface area contributed by atoms with Crippen LogP contribution in [0.4, 0.5) is 16.3 Å². The van der Waals surface area contributed by atoms with Gasteiger partial charge in [0.1, 0.15) is 11.6 Å². The summed E-state index contributed by atoms with van der Waals surface area (Å²) in [6.07, 6.45) is 2.25. The van der Waals surface area contributed by atoms with Crippen molar-refractivity contribution in [3.05, 3.63) is 30.1 Å². The van der Waals surface area contributed by atoms with Crippen LogP contribution >= 0.6 is 0 Å². The summed E-state index contributed by atoms with van der Waals surface area (Å²) in [5, 5.41) is 2.89. The molecule has 0 unspecified atom stereocenters. The molecule has 1 aromatic carbocycles. The highest BCUT2D eigenvalue weighted by molar-refractivity contribution is 5.39. The van der Waals surface area contributed by atoms with E-state index in [1.54, 1.807) is 19.2 Å². The molecule has 0 radical (unpaired) electrons. The second kappa shape index (κ2) is 5.90. The van der Waals surface area contributed by atoms with Crippen LogP contribution in [0.5, 0.6) is 11.8 Å². The van der Waals surface area contributed by atoms with Crippen LogP contribution in [0, 0.1) is 5.82 Å². The van der Waals surface area contributed by atoms with E-state index < -0.39 is 0 Å². The number of ether oxygens (including phenoxy) is 1. The van der Waals surface area contributed by atoms with Crippen molar-refractivity contribution in [3.63, 3.8) is 0 Å². The molecule has 7 heteroatoms. The van der Waals surface area contributed by atoms with Gasteiger partial charge in [-0.2, -0.15) is 15.0 Å². The fourth-order valence-corrected chi connectivity index (χ4v) is 2.20. The highest BCUT2D eigenvalue weighted by atomic mass is 19.1. The third kappa shape index (κ3) is 3.18. The van der Waals surface area contributed by atoms with Crippen LogP contribution in [0.2, 0.25) is 0 Å². The number of hydrogen-bond donors (Lipinski definition) is 1. The monoisotopic (exact) mass is 289 g/mol. The average Bonchev–Trinajstić information content (AvgIpc) is 3.01. The van der Waals surface area contributed by atoms with Gasteiger partial charge in [0.25, 0.3) is 0 Å². The summed E-state index contributed by atoms with van der Waals surface area (Å²) in [5.74, 6) is 1.00. The molecule has 2 heterocycles. The quantitative estimate of drug-likeness (QED) is 0.932. The fourth-order valence-electron chi connectivity index (χ4n) is 2.20. The Hall–Kier alpha value is -2.44. The molecule has 1 aliphatic heterocycles. The fraction of sp³-hybridized carbons (Fsp3) is 0.357. The van der Waals surface area contributed by atoms with Crippen LogP contribution in [0.1, 0.15) is 12.8 Å². The number of anilines is 2. The molecule has 110 valence electrons. The molecule has 1 saturated heterocycles. The lowest BCUT2D eigenvalue weighted by Gasteiger charge is -2.16. The van der Waals surface area contributed by atoms with Crippen molar-refractivity contribution in [2.75, 3.05) is 30.4 Å². The molecule has 0 saturated carbocycles. The van der Waals surface area contributed by atoms with Gasteiger partial charge >= 0.3 is 6.01 Å². The summed E-state index contributed by atoms with van der Waals surface area (Å²) in [4.78, 5) is 14.9. The third-order valence-electron chi connectivity index (χ3n) is 3.22. The Morgan fingerprint density at radius 3 is 2.71 bits per heavy atom. The lowest BCUT2D eigenvalue weighted by atomic mass is 10.3. The van der Waals surface area contributed by atoms with E-state index in [4.69, 9.17) is 4.74 Å². The lowest BCUT2D eigenvalue weighted by molar-refractivity contribution is 0.436. The number of halogens is 1. The highest BCUT2D eigenvalue weighted by Gasteiger charge is 2.18. The predicted molar refractivity (Wildman–Crippen MR) is 77.3 cm³/mol. The van der Waals surface area contributed by atoms with E-state index in [2.05, 4.69) is 25.2 Å². The predicted octanol–water partition coefficient (Wildman–Crippen LogP) is 2.44. The number of hydrogen-bond acceptors (Lipinski definition) is 6. The van der Waals surface area contributed by atoms with Crippen LogP contribution in [0.3, 0.4) is 0 Å². The van der Waals surface area contributed by atoms with Crippen LogP contribution in [0.15, 0.2) is 24.3 Å². The molecular weight excluding hydrogens is 273 g/mol. The van der Waals surface area contributed by atoms with Crippen molar-refractivity contribution in [3.8, 4) is 11.8 Å². The summed E-state index contributed by atoms with van der Waals surface area (Å²) in [7, 11) is 1.73. The zero-order valence-electron chi connectivity index (χ0n) is 11.7. The van der Waals surface area contributed by atoms with Crippen molar-refractivity contribution in [1.82, 2.24) is 15.0 Å². The molecular formula is C14H16FN5O. The first-order valence-corrected chi connectivity index (χ1v) is 6.87. The van der Waals surface area contributed by atoms with E-state index >= 15 is 0 Å². The van der Waals surface area contributed by atoms with E-state index in [9.17, 15) is 4.39 Å². The maximum absolute atomic E-state index is 13.2. The first-order valence-electron chi connectivity index (χ1n) is 6.87. The highest BCUT2D eigenvalue weighted by Crippen LogP contribution is 2.23. The van der Waals surface area contributed by atoms with Gasteiger partial charge in [0.15, 0.2) is 0 Å². The Kier molecular flexibility index (Phi) is 3.81. The molecule has 0 atom stereocenters. The molecule has 1 aliphatic rings. The second-order valence-electron chi connectivity index (χ2n) is 4.75. The minimum atomic E-state index is -0.366. The number of benzene rings is 1. The van der Waals surface area contributed by atoms with Crippen molar-refractivity contribution in [1.29, 1.82) is 0 Å². The van der Waals surface area contributed by atoms with E-state index in [1.165, 1.54) is 12.1 Å². The number of nitrogens with one attached hydrogen (secondary N) is 1. The van der Waals surface area contributed by atoms with Crippen LogP contribution in [0.25, 0.3) is 0 Å². The van der Waals surface area contributed by atoms with Crippen LogP contribution in [-0.4, -0.2) is 35.1 Å². The smallest absolute Gasteiger partial charge is 0.328 e. The van der Waals surface area contributed by atoms with Crippen LogP contribution < -0.4 is 15.0 Å². The van der Waals surface area contributed by atoms with E-state index in [1.807, 2.05) is 0 Å². The van der Waals surface area contributed by atoms with E-state index in [-0.39, 0.29) is 11.8 Å². The third-order valence-corrected chi connectivity index (χ3v) is 3.22. The molecule has 0 spiro atoms. The lowest BCUT2D eigenvalue weighted by Crippen LogP contribution is -2.21. The Bertz CT molecular complexity index is 631.